The Morgan fingerprint density at radius 1 is 1.06 bits per heavy atom. The highest BCUT2D eigenvalue weighted by Crippen LogP contribution is 2.28. The fourth-order valence-corrected chi connectivity index (χ4v) is 3.52. The lowest BCUT2D eigenvalue weighted by Crippen LogP contribution is -2.23. The Kier molecular flexibility index (Phi) is 6.33. The molecule has 156 valence electrons. The molecule has 4 aromatic rings. The quantitative estimate of drug-likeness (QED) is 0.453. The van der Waals surface area contributed by atoms with E-state index in [2.05, 4.69) is 50.8 Å². The molecule has 31 heavy (non-hydrogen) atoms. The van der Waals surface area contributed by atoms with Gasteiger partial charge in [0, 0.05) is 29.7 Å². The average Bonchev–Trinajstić information content (AvgIpc) is 3.22. The number of rotatable bonds is 7. The van der Waals surface area contributed by atoms with E-state index in [4.69, 9.17) is 4.74 Å². The third-order valence-corrected chi connectivity index (χ3v) is 5.37. The highest BCUT2D eigenvalue weighted by atomic mass is 32.1. The maximum atomic E-state index is 12.5. The Bertz CT molecular complexity index is 1170. The SMILES string of the molecule is Cc1ccc(Cc2nsc(Oc3cc(C(=O)NCc4ccccn4)ccc3C)n2)cc1. The van der Waals surface area contributed by atoms with Crippen LogP contribution in [0.25, 0.3) is 0 Å². The molecule has 2 heterocycles. The van der Waals surface area contributed by atoms with Gasteiger partial charge in [-0.3, -0.25) is 9.78 Å². The first-order valence-corrected chi connectivity index (χ1v) is 10.7. The van der Waals surface area contributed by atoms with Gasteiger partial charge in [-0.1, -0.05) is 42.0 Å². The molecule has 0 fully saturated rings. The van der Waals surface area contributed by atoms with Gasteiger partial charge < -0.3 is 10.1 Å². The van der Waals surface area contributed by atoms with E-state index in [0.717, 1.165) is 16.8 Å². The van der Waals surface area contributed by atoms with Crippen molar-refractivity contribution in [2.75, 3.05) is 0 Å². The molecule has 0 bridgehead atoms. The minimum absolute atomic E-state index is 0.187. The minimum Gasteiger partial charge on any atom is -0.430 e. The van der Waals surface area contributed by atoms with Gasteiger partial charge in [0.1, 0.15) is 5.75 Å². The van der Waals surface area contributed by atoms with Crippen molar-refractivity contribution in [3.8, 4) is 10.9 Å². The monoisotopic (exact) mass is 430 g/mol. The first kappa shape index (κ1) is 20.7. The number of pyridine rings is 1. The maximum absolute atomic E-state index is 12.5. The number of carbonyl (C=O) groups excluding carboxylic acids is 1. The summed E-state index contributed by atoms with van der Waals surface area (Å²) in [5.74, 6) is 1.11. The average molecular weight is 431 g/mol. The zero-order valence-corrected chi connectivity index (χ0v) is 18.1. The molecule has 0 radical (unpaired) electrons. The van der Waals surface area contributed by atoms with Crippen molar-refractivity contribution < 1.29 is 9.53 Å². The molecule has 1 amide bonds. The Labute approximate surface area is 185 Å². The summed E-state index contributed by atoms with van der Waals surface area (Å²) in [7, 11) is 0. The highest BCUT2D eigenvalue weighted by molar-refractivity contribution is 7.07. The molecule has 0 atom stereocenters. The van der Waals surface area contributed by atoms with Crippen LogP contribution in [0.1, 0.15) is 38.6 Å². The molecule has 1 N–H and O–H groups in total. The summed E-state index contributed by atoms with van der Waals surface area (Å²) in [5, 5.41) is 3.33. The third kappa shape index (κ3) is 5.52. The van der Waals surface area contributed by atoms with Gasteiger partial charge in [-0.15, -0.1) is 0 Å². The van der Waals surface area contributed by atoms with Crippen molar-refractivity contribution in [3.63, 3.8) is 0 Å². The van der Waals surface area contributed by atoms with E-state index in [1.54, 1.807) is 18.3 Å². The van der Waals surface area contributed by atoms with Crippen LogP contribution in [-0.2, 0) is 13.0 Å². The maximum Gasteiger partial charge on any atom is 0.298 e. The van der Waals surface area contributed by atoms with E-state index in [-0.39, 0.29) is 5.91 Å². The first-order chi connectivity index (χ1) is 15.1. The van der Waals surface area contributed by atoms with Crippen molar-refractivity contribution in [1.29, 1.82) is 0 Å². The number of nitrogens with one attached hydrogen (secondary N) is 1. The number of benzene rings is 2. The summed E-state index contributed by atoms with van der Waals surface area (Å²) in [6.45, 7) is 4.35. The van der Waals surface area contributed by atoms with E-state index >= 15 is 0 Å². The van der Waals surface area contributed by atoms with Gasteiger partial charge in [0.25, 0.3) is 11.1 Å². The van der Waals surface area contributed by atoms with Gasteiger partial charge in [-0.25, -0.2) is 0 Å². The lowest BCUT2D eigenvalue weighted by atomic mass is 10.1. The van der Waals surface area contributed by atoms with E-state index < -0.39 is 0 Å². The largest absolute Gasteiger partial charge is 0.430 e. The summed E-state index contributed by atoms with van der Waals surface area (Å²) in [5.41, 5.74) is 4.60. The van der Waals surface area contributed by atoms with Gasteiger partial charge in [0.15, 0.2) is 5.82 Å². The second kappa shape index (κ2) is 9.49. The number of amides is 1. The third-order valence-electron chi connectivity index (χ3n) is 4.74. The fraction of sp³-hybridized carbons (Fsp3) is 0.167. The van der Waals surface area contributed by atoms with Crippen LogP contribution in [0.4, 0.5) is 0 Å². The van der Waals surface area contributed by atoms with E-state index in [1.165, 1.54) is 17.1 Å². The molecule has 0 spiro atoms. The number of carbonyl (C=O) groups is 1. The number of aryl methyl sites for hydroxylation is 2. The van der Waals surface area contributed by atoms with Crippen LogP contribution in [0, 0.1) is 13.8 Å². The smallest absolute Gasteiger partial charge is 0.298 e. The normalized spacial score (nSPS) is 10.6. The molecule has 0 aliphatic heterocycles. The molecule has 0 aliphatic rings. The Balaban J connectivity index is 1.42. The predicted octanol–water partition coefficient (Wildman–Crippen LogP) is 4.86. The van der Waals surface area contributed by atoms with E-state index in [1.807, 2.05) is 31.2 Å². The number of hydrogen-bond donors (Lipinski definition) is 1. The second-order valence-corrected chi connectivity index (χ2v) is 7.94. The fourth-order valence-electron chi connectivity index (χ4n) is 2.96. The number of ether oxygens (including phenoxy) is 1. The molecule has 6 nitrogen and oxygen atoms in total. The van der Waals surface area contributed by atoms with Crippen LogP contribution in [0.3, 0.4) is 0 Å². The molecule has 0 saturated carbocycles. The van der Waals surface area contributed by atoms with Crippen LogP contribution in [0.15, 0.2) is 66.9 Å². The molecule has 2 aromatic heterocycles. The summed E-state index contributed by atoms with van der Waals surface area (Å²) in [6.07, 6.45) is 2.35. The molecule has 0 saturated heterocycles. The van der Waals surface area contributed by atoms with Gasteiger partial charge in [-0.2, -0.15) is 9.36 Å². The van der Waals surface area contributed by atoms with Crippen LogP contribution < -0.4 is 10.1 Å². The van der Waals surface area contributed by atoms with E-state index in [0.29, 0.717) is 35.3 Å². The number of hydrogen-bond acceptors (Lipinski definition) is 6. The van der Waals surface area contributed by atoms with Crippen LogP contribution in [0.2, 0.25) is 0 Å². The zero-order chi connectivity index (χ0) is 21.6. The lowest BCUT2D eigenvalue weighted by Gasteiger charge is -2.09. The van der Waals surface area contributed by atoms with E-state index in [9.17, 15) is 4.79 Å². The molecule has 4 rings (SSSR count). The molecule has 2 aromatic carbocycles. The van der Waals surface area contributed by atoms with Gasteiger partial charge in [-0.05, 0) is 49.2 Å². The molecular formula is C24H22N4O2S. The van der Waals surface area contributed by atoms with Crippen molar-refractivity contribution in [1.82, 2.24) is 19.7 Å². The van der Waals surface area contributed by atoms with Gasteiger partial charge in [0.05, 0.1) is 12.2 Å². The lowest BCUT2D eigenvalue weighted by molar-refractivity contribution is 0.0950. The predicted molar refractivity (Wildman–Crippen MR) is 121 cm³/mol. The molecule has 0 aliphatic carbocycles. The highest BCUT2D eigenvalue weighted by Gasteiger charge is 2.12. The summed E-state index contributed by atoms with van der Waals surface area (Å²) >= 11 is 1.21. The van der Waals surface area contributed by atoms with Crippen LogP contribution >= 0.6 is 11.5 Å². The van der Waals surface area contributed by atoms with Crippen molar-refractivity contribution in [2.24, 2.45) is 0 Å². The standard InChI is InChI=1S/C24H22N4O2S/c1-16-6-9-18(10-7-16)13-22-27-24(31-28-22)30-21-14-19(11-8-17(21)2)23(29)26-15-20-5-3-4-12-25-20/h3-12,14H,13,15H2,1-2H3,(H,26,29). The summed E-state index contributed by atoms with van der Waals surface area (Å²) in [4.78, 5) is 21.3. The molecular weight excluding hydrogens is 408 g/mol. The summed E-state index contributed by atoms with van der Waals surface area (Å²) in [6, 6.07) is 19.3. The first-order valence-electron chi connectivity index (χ1n) is 9.91. The van der Waals surface area contributed by atoms with Crippen LogP contribution in [-0.4, -0.2) is 20.2 Å². The molecule has 7 heteroatoms. The second-order valence-electron chi connectivity index (χ2n) is 7.22. The topological polar surface area (TPSA) is 77.0 Å². The van der Waals surface area contributed by atoms with Gasteiger partial charge in [0.2, 0.25) is 0 Å². The van der Waals surface area contributed by atoms with Crippen LogP contribution in [0.5, 0.6) is 10.9 Å². The Hall–Kier alpha value is -3.58. The van der Waals surface area contributed by atoms with Gasteiger partial charge >= 0.3 is 0 Å². The zero-order valence-electron chi connectivity index (χ0n) is 17.3. The minimum atomic E-state index is -0.187. The number of aromatic nitrogens is 3. The summed E-state index contributed by atoms with van der Waals surface area (Å²) < 4.78 is 10.4. The number of nitrogens with zero attached hydrogens (tertiary/aromatic N) is 3. The van der Waals surface area contributed by atoms with Crippen molar-refractivity contribution >= 4 is 17.4 Å². The van der Waals surface area contributed by atoms with Crippen molar-refractivity contribution in [2.45, 2.75) is 26.8 Å². The Morgan fingerprint density at radius 3 is 2.68 bits per heavy atom. The molecule has 0 unspecified atom stereocenters. The Morgan fingerprint density at radius 2 is 1.90 bits per heavy atom. The van der Waals surface area contributed by atoms with Crippen molar-refractivity contribution in [3.05, 3.63) is 101 Å².